The Balaban J connectivity index is 1.36. The Bertz CT molecular complexity index is 1220. The molecule has 164 valence electrons. The Morgan fingerprint density at radius 2 is 1.75 bits per heavy atom. The summed E-state index contributed by atoms with van der Waals surface area (Å²) in [5.41, 5.74) is 0.775. The fourth-order valence-corrected chi connectivity index (χ4v) is 4.15. The number of carbonyl (C=O) groups is 1. The first-order valence-corrected chi connectivity index (χ1v) is 11.3. The fourth-order valence-electron chi connectivity index (χ4n) is 3.32. The van der Waals surface area contributed by atoms with Gasteiger partial charge in [-0.25, -0.2) is 0 Å². The predicted octanol–water partition coefficient (Wildman–Crippen LogP) is 4.77. The lowest BCUT2D eigenvalue weighted by Crippen LogP contribution is -2.15. The van der Waals surface area contributed by atoms with Crippen LogP contribution < -0.4 is 14.8 Å². The fraction of sp³-hybridized carbons (Fsp3) is 0.208. The molecular formula is C24H24N4O3S. The Labute approximate surface area is 190 Å². The van der Waals surface area contributed by atoms with E-state index in [-0.39, 0.29) is 18.3 Å². The van der Waals surface area contributed by atoms with E-state index in [1.807, 2.05) is 78.2 Å². The number of hydrogen-bond donors (Lipinski definition) is 1. The highest BCUT2D eigenvalue weighted by Crippen LogP contribution is 2.27. The second kappa shape index (κ2) is 10.2. The minimum atomic E-state index is -0.0947. The molecule has 0 bridgehead atoms. The Kier molecular flexibility index (Phi) is 6.91. The minimum Gasteiger partial charge on any atom is -0.493 e. The lowest BCUT2D eigenvalue weighted by Gasteiger charge is -2.11. The molecule has 1 N–H and O–H groups in total. The van der Waals surface area contributed by atoms with Crippen LogP contribution in [-0.4, -0.2) is 33.5 Å². The van der Waals surface area contributed by atoms with Gasteiger partial charge >= 0.3 is 0 Å². The summed E-state index contributed by atoms with van der Waals surface area (Å²) in [6.45, 7) is 2.94. The van der Waals surface area contributed by atoms with Crippen molar-refractivity contribution in [2.45, 2.75) is 25.2 Å². The maximum atomic E-state index is 12.5. The Morgan fingerprint density at radius 1 is 1.00 bits per heavy atom. The molecule has 0 spiro atoms. The van der Waals surface area contributed by atoms with E-state index in [0.717, 1.165) is 16.5 Å². The van der Waals surface area contributed by atoms with Crippen molar-refractivity contribution in [1.82, 2.24) is 14.8 Å². The van der Waals surface area contributed by atoms with Crippen LogP contribution in [0.5, 0.6) is 11.5 Å². The molecule has 0 fully saturated rings. The van der Waals surface area contributed by atoms with Gasteiger partial charge in [-0.15, -0.1) is 10.2 Å². The Morgan fingerprint density at radius 3 is 2.53 bits per heavy atom. The van der Waals surface area contributed by atoms with Crippen molar-refractivity contribution >= 4 is 34.1 Å². The molecule has 1 aromatic heterocycles. The van der Waals surface area contributed by atoms with Crippen LogP contribution in [0.15, 0.2) is 71.9 Å². The quantitative estimate of drug-likeness (QED) is 0.372. The third kappa shape index (κ3) is 5.03. The summed E-state index contributed by atoms with van der Waals surface area (Å²) >= 11 is 1.35. The molecule has 0 saturated carbocycles. The number of rotatable bonds is 9. The van der Waals surface area contributed by atoms with Gasteiger partial charge in [0.25, 0.3) is 0 Å². The molecule has 7 nitrogen and oxygen atoms in total. The van der Waals surface area contributed by atoms with Crippen molar-refractivity contribution in [2.24, 2.45) is 0 Å². The highest BCUT2D eigenvalue weighted by atomic mass is 32.2. The molecule has 32 heavy (non-hydrogen) atoms. The van der Waals surface area contributed by atoms with E-state index in [1.165, 1.54) is 11.8 Å². The monoisotopic (exact) mass is 448 g/mol. The number of nitrogens with one attached hydrogen (secondary N) is 1. The number of thioether (sulfide) groups is 1. The van der Waals surface area contributed by atoms with Gasteiger partial charge in [0.2, 0.25) is 5.91 Å². The summed E-state index contributed by atoms with van der Waals surface area (Å²) < 4.78 is 13.1. The number of methoxy groups -OCH3 is 1. The van der Waals surface area contributed by atoms with E-state index < -0.39 is 0 Å². The van der Waals surface area contributed by atoms with Crippen molar-refractivity contribution in [2.75, 3.05) is 18.2 Å². The zero-order valence-corrected chi connectivity index (χ0v) is 18.8. The lowest BCUT2D eigenvalue weighted by atomic mass is 10.1. The zero-order valence-electron chi connectivity index (χ0n) is 17.9. The maximum absolute atomic E-state index is 12.5. The molecule has 0 aliphatic heterocycles. The van der Waals surface area contributed by atoms with E-state index in [0.29, 0.717) is 29.0 Å². The molecular weight excluding hydrogens is 424 g/mol. The predicted molar refractivity (Wildman–Crippen MR) is 126 cm³/mol. The molecule has 0 unspecified atom stereocenters. The van der Waals surface area contributed by atoms with Crippen LogP contribution in [0.25, 0.3) is 10.8 Å². The second-order valence-corrected chi connectivity index (χ2v) is 7.92. The lowest BCUT2D eigenvalue weighted by molar-refractivity contribution is -0.113. The van der Waals surface area contributed by atoms with Gasteiger partial charge in [0.15, 0.2) is 22.5 Å². The highest BCUT2D eigenvalue weighted by molar-refractivity contribution is 7.99. The molecule has 0 radical (unpaired) electrons. The standard InChI is InChI=1S/C24H24N4O3S/c1-3-28-22(15-31-21-11-7-6-10-20(21)30-2)26-27-24(28)32-16-23(29)25-19-13-12-17-8-4-5-9-18(17)14-19/h4-14H,3,15-16H2,1-2H3,(H,25,29). The largest absolute Gasteiger partial charge is 0.493 e. The molecule has 0 aliphatic rings. The van der Waals surface area contributed by atoms with Crippen molar-refractivity contribution in [3.05, 3.63) is 72.6 Å². The van der Waals surface area contributed by atoms with Gasteiger partial charge in [-0.2, -0.15) is 0 Å². The summed E-state index contributed by atoms with van der Waals surface area (Å²) in [5, 5.41) is 14.4. The molecule has 1 heterocycles. The smallest absolute Gasteiger partial charge is 0.234 e. The number of carbonyl (C=O) groups excluding carboxylic acids is 1. The number of amides is 1. The number of aromatic nitrogens is 3. The third-order valence-corrected chi connectivity index (χ3v) is 5.87. The van der Waals surface area contributed by atoms with Crippen molar-refractivity contribution in [3.63, 3.8) is 0 Å². The first kappa shape index (κ1) is 21.7. The molecule has 0 saturated heterocycles. The van der Waals surface area contributed by atoms with E-state index in [4.69, 9.17) is 9.47 Å². The molecule has 4 rings (SSSR count). The van der Waals surface area contributed by atoms with Gasteiger partial charge in [-0.05, 0) is 42.0 Å². The van der Waals surface area contributed by atoms with E-state index in [1.54, 1.807) is 7.11 Å². The highest BCUT2D eigenvalue weighted by Gasteiger charge is 2.15. The maximum Gasteiger partial charge on any atom is 0.234 e. The van der Waals surface area contributed by atoms with Gasteiger partial charge in [0.1, 0.15) is 6.61 Å². The third-order valence-electron chi connectivity index (χ3n) is 4.90. The average Bonchev–Trinajstić information content (AvgIpc) is 3.23. The summed E-state index contributed by atoms with van der Waals surface area (Å²) in [5.74, 6) is 2.14. The number of benzene rings is 3. The molecule has 1 amide bonds. The number of fused-ring (bicyclic) bond motifs is 1. The van der Waals surface area contributed by atoms with Gasteiger partial charge in [0, 0.05) is 12.2 Å². The SMILES string of the molecule is CCn1c(COc2ccccc2OC)nnc1SCC(=O)Nc1ccc2ccccc2c1. The van der Waals surface area contributed by atoms with Crippen LogP contribution in [0, 0.1) is 0 Å². The number of ether oxygens (including phenoxy) is 2. The zero-order chi connectivity index (χ0) is 22.3. The topological polar surface area (TPSA) is 78.3 Å². The van der Waals surface area contributed by atoms with E-state index in [2.05, 4.69) is 15.5 Å². The number of para-hydroxylation sites is 2. The van der Waals surface area contributed by atoms with Gasteiger partial charge in [0.05, 0.1) is 12.9 Å². The van der Waals surface area contributed by atoms with Crippen molar-refractivity contribution in [1.29, 1.82) is 0 Å². The molecule has 4 aromatic rings. The summed E-state index contributed by atoms with van der Waals surface area (Å²) in [6.07, 6.45) is 0. The van der Waals surface area contributed by atoms with Crippen LogP contribution >= 0.6 is 11.8 Å². The normalized spacial score (nSPS) is 10.8. The van der Waals surface area contributed by atoms with Crippen LogP contribution in [0.4, 0.5) is 5.69 Å². The van der Waals surface area contributed by atoms with Crippen molar-refractivity contribution in [3.8, 4) is 11.5 Å². The second-order valence-electron chi connectivity index (χ2n) is 6.98. The summed E-state index contributed by atoms with van der Waals surface area (Å²) in [7, 11) is 1.61. The van der Waals surface area contributed by atoms with E-state index >= 15 is 0 Å². The number of hydrogen-bond acceptors (Lipinski definition) is 6. The molecule has 0 atom stereocenters. The van der Waals surface area contributed by atoms with E-state index in [9.17, 15) is 4.79 Å². The van der Waals surface area contributed by atoms with Gasteiger partial charge in [-0.3, -0.25) is 4.79 Å². The van der Waals surface area contributed by atoms with Crippen LogP contribution in [0.1, 0.15) is 12.7 Å². The van der Waals surface area contributed by atoms with Crippen LogP contribution in [-0.2, 0) is 17.9 Å². The van der Waals surface area contributed by atoms with Crippen molar-refractivity contribution < 1.29 is 14.3 Å². The van der Waals surface area contributed by atoms with Crippen LogP contribution in [0.2, 0.25) is 0 Å². The summed E-state index contributed by atoms with van der Waals surface area (Å²) in [4.78, 5) is 12.5. The molecule has 0 aliphatic carbocycles. The molecule has 3 aromatic carbocycles. The number of anilines is 1. The minimum absolute atomic E-state index is 0.0947. The van der Waals surface area contributed by atoms with Crippen LogP contribution in [0.3, 0.4) is 0 Å². The first-order valence-electron chi connectivity index (χ1n) is 10.3. The van der Waals surface area contributed by atoms with Gasteiger partial charge < -0.3 is 19.4 Å². The first-order chi connectivity index (χ1) is 15.7. The average molecular weight is 449 g/mol. The summed E-state index contributed by atoms with van der Waals surface area (Å²) in [6, 6.07) is 21.4. The molecule has 8 heteroatoms. The van der Waals surface area contributed by atoms with Gasteiger partial charge in [-0.1, -0.05) is 54.2 Å². The number of nitrogens with zero attached hydrogens (tertiary/aromatic N) is 3. The Hall–Kier alpha value is -3.52.